The highest BCUT2D eigenvalue weighted by Crippen LogP contribution is 2.58. The predicted molar refractivity (Wildman–Crippen MR) is 65.3 cm³/mol. The van der Waals surface area contributed by atoms with Crippen molar-refractivity contribution in [2.24, 2.45) is 17.8 Å². The van der Waals surface area contributed by atoms with Gasteiger partial charge < -0.3 is 9.67 Å². The van der Waals surface area contributed by atoms with Gasteiger partial charge in [-0.05, 0) is 56.3 Å². The van der Waals surface area contributed by atoms with Gasteiger partial charge in [-0.1, -0.05) is 0 Å². The van der Waals surface area contributed by atoms with Crippen LogP contribution in [0.5, 0.6) is 0 Å². The van der Waals surface area contributed by atoms with Gasteiger partial charge in [0, 0.05) is 17.9 Å². The maximum absolute atomic E-state index is 11.3. The Labute approximate surface area is 106 Å². The number of imidazole rings is 1. The van der Waals surface area contributed by atoms with Crippen LogP contribution < -0.4 is 0 Å². The molecule has 0 radical (unpaired) electrons. The number of aromatic carboxylic acids is 1. The van der Waals surface area contributed by atoms with E-state index >= 15 is 0 Å². The highest BCUT2D eigenvalue weighted by Gasteiger charge is 2.52. The van der Waals surface area contributed by atoms with E-state index in [1.54, 1.807) is 6.20 Å². The molecule has 0 aliphatic heterocycles. The molecule has 4 fully saturated rings. The van der Waals surface area contributed by atoms with Gasteiger partial charge in [-0.2, -0.15) is 0 Å². The second kappa shape index (κ2) is 3.37. The minimum absolute atomic E-state index is 0.0684. The van der Waals surface area contributed by atoms with Gasteiger partial charge in [0.1, 0.15) is 0 Å². The van der Waals surface area contributed by atoms with Crippen LogP contribution in [-0.4, -0.2) is 20.6 Å². The predicted octanol–water partition coefficient (Wildman–Crippen LogP) is 2.51. The van der Waals surface area contributed by atoms with Crippen molar-refractivity contribution in [1.29, 1.82) is 0 Å². The quantitative estimate of drug-likeness (QED) is 0.872. The van der Waals surface area contributed by atoms with Crippen molar-refractivity contribution >= 4 is 5.97 Å². The molecule has 0 saturated heterocycles. The molecule has 4 aliphatic rings. The van der Waals surface area contributed by atoms with Crippen LogP contribution in [0.3, 0.4) is 0 Å². The van der Waals surface area contributed by atoms with E-state index in [2.05, 4.69) is 4.98 Å². The Bertz CT molecular complexity index is 470. The molecule has 5 rings (SSSR count). The van der Waals surface area contributed by atoms with Crippen molar-refractivity contribution in [1.82, 2.24) is 9.55 Å². The minimum Gasteiger partial charge on any atom is -0.475 e. The summed E-state index contributed by atoms with van der Waals surface area (Å²) in [5.74, 6) is 1.80. The Morgan fingerprint density at radius 1 is 1.22 bits per heavy atom. The smallest absolute Gasteiger partial charge is 0.372 e. The van der Waals surface area contributed by atoms with Crippen LogP contribution in [0.15, 0.2) is 12.4 Å². The summed E-state index contributed by atoms with van der Waals surface area (Å²) in [5, 5.41) is 9.27. The normalized spacial score (nSPS) is 41.2. The monoisotopic (exact) mass is 246 g/mol. The van der Waals surface area contributed by atoms with E-state index < -0.39 is 5.97 Å². The molecule has 0 atom stereocenters. The number of hydrogen-bond donors (Lipinski definition) is 1. The first-order valence-electron chi connectivity index (χ1n) is 6.93. The summed E-state index contributed by atoms with van der Waals surface area (Å²) in [6.45, 7) is 0. The summed E-state index contributed by atoms with van der Waals surface area (Å²) in [6, 6.07) is 0. The van der Waals surface area contributed by atoms with Crippen LogP contribution in [0.1, 0.15) is 49.1 Å². The molecule has 4 bridgehead atoms. The molecule has 0 amide bonds. The van der Waals surface area contributed by atoms with E-state index in [0.717, 1.165) is 37.0 Å². The molecule has 96 valence electrons. The van der Waals surface area contributed by atoms with E-state index in [1.165, 1.54) is 19.3 Å². The zero-order valence-electron chi connectivity index (χ0n) is 10.4. The summed E-state index contributed by atoms with van der Waals surface area (Å²) in [6.07, 6.45) is 11.1. The van der Waals surface area contributed by atoms with E-state index in [-0.39, 0.29) is 11.4 Å². The van der Waals surface area contributed by atoms with E-state index in [1.807, 2.05) is 10.8 Å². The zero-order chi connectivity index (χ0) is 12.3. The third-order valence-electron chi connectivity index (χ3n) is 5.35. The number of nitrogens with zero attached hydrogens (tertiary/aromatic N) is 2. The topological polar surface area (TPSA) is 55.1 Å². The maximum atomic E-state index is 11.3. The molecule has 0 unspecified atom stereocenters. The molecule has 4 heteroatoms. The van der Waals surface area contributed by atoms with Crippen LogP contribution in [0.2, 0.25) is 0 Å². The Balaban J connectivity index is 1.79. The fourth-order valence-electron chi connectivity index (χ4n) is 5.20. The molecule has 1 aromatic heterocycles. The average molecular weight is 246 g/mol. The Hall–Kier alpha value is -1.32. The molecule has 1 heterocycles. The van der Waals surface area contributed by atoms with Gasteiger partial charge in [0.05, 0.1) is 0 Å². The van der Waals surface area contributed by atoms with Crippen molar-refractivity contribution in [3.8, 4) is 0 Å². The summed E-state index contributed by atoms with van der Waals surface area (Å²) >= 11 is 0. The lowest BCUT2D eigenvalue weighted by atomic mass is 9.53. The van der Waals surface area contributed by atoms with Gasteiger partial charge >= 0.3 is 5.97 Å². The van der Waals surface area contributed by atoms with Crippen LogP contribution in [0, 0.1) is 17.8 Å². The Morgan fingerprint density at radius 3 is 2.28 bits per heavy atom. The molecular weight excluding hydrogens is 228 g/mol. The minimum atomic E-state index is -0.893. The van der Waals surface area contributed by atoms with Crippen LogP contribution in [-0.2, 0) is 5.54 Å². The van der Waals surface area contributed by atoms with Crippen molar-refractivity contribution in [2.45, 2.75) is 44.1 Å². The highest BCUT2D eigenvalue weighted by molar-refractivity contribution is 5.83. The lowest BCUT2D eigenvalue weighted by Crippen LogP contribution is -2.52. The van der Waals surface area contributed by atoms with Crippen molar-refractivity contribution in [3.63, 3.8) is 0 Å². The molecular formula is C14H18N2O2. The molecule has 1 aromatic rings. The van der Waals surface area contributed by atoms with Crippen LogP contribution in [0.4, 0.5) is 0 Å². The van der Waals surface area contributed by atoms with Gasteiger partial charge in [-0.3, -0.25) is 0 Å². The first-order valence-corrected chi connectivity index (χ1v) is 6.93. The van der Waals surface area contributed by atoms with Crippen LogP contribution >= 0.6 is 0 Å². The lowest BCUT2D eigenvalue weighted by Gasteiger charge is -2.57. The zero-order valence-corrected chi connectivity index (χ0v) is 10.4. The molecule has 4 saturated carbocycles. The van der Waals surface area contributed by atoms with E-state index in [4.69, 9.17) is 0 Å². The van der Waals surface area contributed by atoms with Gasteiger partial charge in [-0.15, -0.1) is 0 Å². The molecule has 0 aromatic carbocycles. The lowest BCUT2D eigenvalue weighted by molar-refractivity contribution is -0.0445. The molecule has 4 nitrogen and oxygen atoms in total. The fourth-order valence-corrected chi connectivity index (χ4v) is 5.20. The first-order chi connectivity index (χ1) is 8.66. The van der Waals surface area contributed by atoms with Gasteiger partial charge in [0.15, 0.2) is 0 Å². The van der Waals surface area contributed by atoms with Crippen molar-refractivity contribution in [2.75, 3.05) is 0 Å². The molecule has 4 aliphatic carbocycles. The highest BCUT2D eigenvalue weighted by atomic mass is 16.4. The molecule has 1 N–H and O–H groups in total. The largest absolute Gasteiger partial charge is 0.475 e. The Morgan fingerprint density at radius 2 is 1.78 bits per heavy atom. The molecule has 18 heavy (non-hydrogen) atoms. The third-order valence-corrected chi connectivity index (χ3v) is 5.35. The van der Waals surface area contributed by atoms with Gasteiger partial charge in [0.25, 0.3) is 0 Å². The summed E-state index contributed by atoms with van der Waals surface area (Å²) in [5.41, 5.74) is 0.0684. The maximum Gasteiger partial charge on any atom is 0.372 e. The second-order valence-corrected chi connectivity index (χ2v) is 6.57. The molecule has 0 spiro atoms. The van der Waals surface area contributed by atoms with Crippen molar-refractivity contribution < 1.29 is 9.90 Å². The third kappa shape index (κ3) is 1.32. The van der Waals surface area contributed by atoms with Crippen molar-refractivity contribution in [3.05, 3.63) is 18.2 Å². The van der Waals surface area contributed by atoms with E-state index in [0.29, 0.717) is 0 Å². The number of carboxylic acid groups (broad SMARTS) is 1. The second-order valence-electron chi connectivity index (χ2n) is 6.57. The Kier molecular flexibility index (Phi) is 1.98. The summed E-state index contributed by atoms with van der Waals surface area (Å²) in [4.78, 5) is 15.3. The van der Waals surface area contributed by atoms with E-state index in [9.17, 15) is 9.90 Å². The summed E-state index contributed by atoms with van der Waals surface area (Å²) in [7, 11) is 0. The number of rotatable bonds is 2. The number of carbonyl (C=O) groups is 1. The number of hydrogen-bond acceptors (Lipinski definition) is 2. The van der Waals surface area contributed by atoms with Crippen LogP contribution in [0.25, 0.3) is 0 Å². The SMILES string of the molecule is O=C(O)c1nccn1C12CC3CC(CC(C3)C1)C2. The van der Waals surface area contributed by atoms with Gasteiger partial charge in [-0.25, -0.2) is 9.78 Å². The fraction of sp³-hybridized carbons (Fsp3) is 0.714. The number of carboxylic acids is 1. The first kappa shape index (κ1) is 10.6. The number of aromatic nitrogens is 2. The standard InChI is InChI=1S/C14H18N2O2/c17-13(18)12-15-1-2-16(12)14-6-9-3-10(7-14)5-11(4-9)8-14/h1-2,9-11H,3-8H2,(H,17,18). The average Bonchev–Trinajstić information content (AvgIpc) is 2.76. The van der Waals surface area contributed by atoms with Gasteiger partial charge in [0.2, 0.25) is 5.82 Å². The summed E-state index contributed by atoms with van der Waals surface area (Å²) < 4.78 is 1.99.